The molecule has 2 aromatic rings. The van der Waals surface area contributed by atoms with Gasteiger partial charge in [0, 0.05) is 25.8 Å². The minimum absolute atomic E-state index is 0.0102. The fraction of sp³-hybridized carbons (Fsp3) is 0.360. The summed E-state index contributed by atoms with van der Waals surface area (Å²) in [5.74, 6) is -1.46. The first-order valence-corrected chi connectivity index (χ1v) is 11.1. The number of Topliss-reactive ketones (excluding diaryl/α,β-unsaturated/α-hetero) is 1. The van der Waals surface area contributed by atoms with E-state index < -0.39 is 23.5 Å². The second-order valence-electron chi connectivity index (χ2n) is 8.59. The van der Waals surface area contributed by atoms with E-state index in [4.69, 9.17) is 9.47 Å². The molecule has 5 rings (SSSR count). The van der Waals surface area contributed by atoms with Crippen molar-refractivity contribution >= 4 is 23.1 Å². The van der Waals surface area contributed by atoms with Crippen molar-refractivity contribution in [1.82, 2.24) is 4.90 Å². The van der Waals surface area contributed by atoms with Crippen molar-refractivity contribution in [1.29, 1.82) is 0 Å². The molecule has 0 saturated carbocycles. The lowest BCUT2D eigenvalue weighted by atomic mass is 9.95. The molecule has 0 aromatic heterocycles. The molecule has 2 saturated heterocycles. The Morgan fingerprint density at radius 3 is 2.67 bits per heavy atom. The number of aliphatic hydroxyl groups excluding tert-OH is 1. The van der Waals surface area contributed by atoms with Crippen LogP contribution in [-0.4, -0.2) is 61.2 Å². The fourth-order valence-corrected chi connectivity index (χ4v) is 4.72. The number of fused-ring (bicyclic) bond motifs is 1. The smallest absolute Gasteiger partial charge is 0.295 e. The molecular weight excluding hydrogens is 427 g/mol. The van der Waals surface area contributed by atoms with Crippen LogP contribution in [0.3, 0.4) is 0 Å². The number of benzene rings is 2. The van der Waals surface area contributed by atoms with Crippen LogP contribution < -0.4 is 9.64 Å². The van der Waals surface area contributed by atoms with E-state index in [0.29, 0.717) is 36.6 Å². The number of aliphatic hydroxyl groups is 1. The normalized spacial score (nSPS) is 24.2. The van der Waals surface area contributed by atoms with E-state index in [2.05, 4.69) is 0 Å². The van der Waals surface area contributed by atoms with Crippen LogP contribution >= 0.6 is 0 Å². The summed E-state index contributed by atoms with van der Waals surface area (Å²) in [6.45, 7) is 2.09. The number of ether oxygens (including phenoxy) is 2. The highest BCUT2D eigenvalue weighted by molar-refractivity contribution is 6.46. The number of halogens is 1. The van der Waals surface area contributed by atoms with E-state index in [1.54, 1.807) is 18.2 Å². The molecule has 2 unspecified atom stereocenters. The van der Waals surface area contributed by atoms with E-state index in [1.807, 2.05) is 11.9 Å². The van der Waals surface area contributed by atoms with Gasteiger partial charge in [0.25, 0.3) is 11.7 Å². The second-order valence-corrected chi connectivity index (χ2v) is 8.59. The van der Waals surface area contributed by atoms with Gasteiger partial charge in [-0.05, 0) is 48.7 Å². The molecule has 1 N–H and O–H groups in total. The predicted octanol–water partition coefficient (Wildman–Crippen LogP) is 3.26. The average molecular weight is 452 g/mol. The van der Waals surface area contributed by atoms with E-state index in [0.717, 1.165) is 18.5 Å². The molecule has 0 radical (unpaired) electrons. The number of hydrogen-bond acceptors (Lipinski definition) is 6. The van der Waals surface area contributed by atoms with Crippen LogP contribution in [0.15, 0.2) is 48.0 Å². The summed E-state index contributed by atoms with van der Waals surface area (Å²) in [7, 11) is 1.92. The van der Waals surface area contributed by atoms with Crippen LogP contribution in [0.25, 0.3) is 5.76 Å². The van der Waals surface area contributed by atoms with Gasteiger partial charge in [-0.1, -0.05) is 12.1 Å². The summed E-state index contributed by atoms with van der Waals surface area (Å²) < 4.78 is 25.0. The molecule has 8 heteroatoms. The monoisotopic (exact) mass is 452 g/mol. The van der Waals surface area contributed by atoms with Gasteiger partial charge in [0.15, 0.2) is 0 Å². The van der Waals surface area contributed by atoms with Gasteiger partial charge in [-0.3, -0.25) is 9.59 Å². The molecule has 2 fully saturated rings. The van der Waals surface area contributed by atoms with Gasteiger partial charge in [-0.15, -0.1) is 0 Å². The molecule has 0 spiro atoms. The van der Waals surface area contributed by atoms with Crippen molar-refractivity contribution in [2.45, 2.75) is 25.0 Å². The van der Waals surface area contributed by atoms with E-state index >= 15 is 0 Å². The lowest BCUT2D eigenvalue weighted by Gasteiger charge is -2.29. The maximum atomic E-state index is 13.6. The number of likely N-dealkylation sites (tertiary alicyclic amines) is 1. The number of rotatable bonds is 4. The zero-order valence-corrected chi connectivity index (χ0v) is 18.3. The quantitative estimate of drug-likeness (QED) is 0.436. The highest BCUT2D eigenvalue weighted by Gasteiger charge is 2.47. The highest BCUT2D eigenvalue weighted by atomic mass is 19.1. The minimum Gasteiger partial charge on any atom is -0.507 e. The fourth-order valence-electron chi connectivity index (χ4n) is 4.72. The number of nitrogens with zero attached hydrogens (tertiary/aromatic N) is 2. The highest BCUT2D eigenvalue weighted by Crippen LogP contribution is 2.41. The molecule has 0 aliphatic carbocycles. The Hall–Kier alpha value is -3.39. The number of carbonyl (C=O) groups excluding carboxylic acids is 2. The van der Waals surface area contributed by atoms with Crippen LogP contribution in [-0.2, 0) is 14.3 Å². The Morgan fingerprint density at radius 1 is 1.15 bits per heavy atom. The summed E-state index contributed by atoms with van der Waals surface area (Å²) in [6, 6.07) is 9.97. The Balaban J connectivity index is 1.61. The van der Waals surface area contributed by atoms with Crippen molar-refractivity contribution < 1.29 is 28.6 Å². The SMILES string of the molecule is CN1CCOc2ccc(/C(O)=C3/C(=O)C(=O)N(CC4CCCO4)C3c3ccc(F)cc3)cc21. The van der Waals surface area contributed by atoms with Gasteiger partial charge in [0.1, 0.15) is 23.9 Å². The number of hydrogen-bond donors (Lipinski definition) is 1. The average Bonchev–Trinajstić information content (AvgIpc) is 3.42. The molecule has 2 atom stereocenters. The molecule has 1 amide bonds. The first-order chi connectivity index (χ1) is 15.9. The van der Waals surface area contributed by atoms with Gasteiger partial charge in [-0.2, -0.15) is 0 Å². The molecule has 7 nitrogen and oxygen atoms in total. The zero-order valence-electron chi connectivity index (χ0n) is 18.3. The molecule has 3 heterocycles. The molecular formula is C25H25FN2O5. The maximum Gasteiger partial charge on any atom is 0.295 e. The summed E-state index contributed by atoms with van der Waals surface area (Å²) in [6.07, 6.45) is 1.50. The number of carbonyl (C=O) groups is 2. The maximum absolute atomic E-state index is 13.6. The Morgan fingerprint density at radius 2 is 1.94 bits per heavy atom. The number of likely N-dealkylation sites (N-methyl/N-ethyl adjacent to an activating group) is 1. The molecule has 3 aliphatic rings. The third kappa shape index (κ3) is 3.84. The van der Waals surface area contributed by atoms with Gasteiger partial charge in [0.2, 0.25) is 0 Å². The second kappa shape index (κ2) is 8.51. The molecule has 2 aromatic carbocycles. The molecule has 0 bridgehead atoms. The van der Waals surface area contributed by atoms with Crippen molar-refractivity contribution in [3.05, 3.63) is 65.0 Å². The van der Waals surface area contributed by atoms with Gasteiger partial charge in [0.05, 0.1) is 30.0 Å². The van der Waals surface area contributed by atoms with E-state index in [-0.39, 0.29) is 24.0 Å². The summed E-state index contributed by atoms with van der Waals surface area (Å²) in [5, 5.41) is 11.3. The lowest BCUT2D eigenvalue weighted by molar-refractivity contribution is -0.140. The van der Waals surface area contributed by atoms with Crippen molar-refractivity contribution in [2.75, 3.05) is 38.3 Å². The van der Waals surface area contributed by atoms with Crippen LogP contribution in [0.5, 0.6) is 5.75 Å². The lowest BCUT2D eigenvalue weighted by Crippen LogP contribution is -2.36. The standard InChI is InChI=1S/C25H25FN2O5/c1-27-10-12-33-20-9-6-16(13-19(20)27)23(29)21-22(15-4-7-17(26)8-5-15)28(25(31)24(21)30)14-18-3-2-11-32-18/h4-9,13,18,22,29H,2-3,10-12,14H2,1H3/b23-21-. The predicted molar refractivity (Wildman–Crippen MR) is 120 cm³/mol. The molecule has 3 aliphatic heterocycles. The van der Waals surface area contributed by atoms with Crippen LogP contribution in [0.2, 0.25) is 0 Å². The van der Waals surface area contributed by atoms with Crippen LogP contribution in [0.1, 0.15) is 30.0 Å². The van der Waals surface area contributed by atoms with Crippen molar-refractivity contribution in [3.63, 3.8) is 0 Å². The van der Waals surface area contributed by atoms with Gasteiger partial charge < -0.3 is 24.4 Å². The number of ketones is 1. The largest absolute Gasteiger partial charge is 0.507 e. The Kier molecular flexibility index (Phi) is 5.54. The van der Waals surface area contributed by atoms with Crippen LogP contribution in [0.4, 0.5) is 10.1 Å². The van der Waals surface area contributed by atoms with Crippen LogP contribution in [0, 0.1) is 5.82 Å². The first-order valence-electron chi connectivity index (χ1n) is 11.1. The van der Waals surface area contributed by atoms with Crippen molar-refractivity contribution in [2.24, 2.45) is 0 Å². The third-order valence-corrected chi connectivity index (χ3v) is 6.48. The summed E-state index contributed by atoms with van der Waals surface area (Å²) in [4.78, 5) is 29.6. The number of anilines is 1. The topological polar surface area (TPSA) is 79.3 Å². The first kappa shape index (κ1) is 21.5. The Bertz CT molecular complexity index is 1120. The van der Waals surface area contributed by atoms with E-state index in [1.165, 1.54) is 29.2 Å². The molecule has 33 heavy (non-hydrogen) atoms. The zero-order chi connectivity index (χ0) is 23.1. The van der Waals surface area contributed by atoms with Crippen molar-refractivity contribution in [3.8, 4) is 5.75 Å². The van der Waals surface area contributed by atoms with Gasteiger partial charge >= 0.3 is 0 Å². The Labute approximate surface area is 191 Å². The van der Waals surface area contributed by atoms with E-state index in [9.17, 15) is 19.1 Å². The minimum atomic E-state index is -0.834. The molecule has 172 valence electrons. The number of amides is 1. The third-order valence-electron chi connectivity index (χ3n) is 6.48. The summed E-state index contributed by atoms with van der Waals surface area (Å²) in [5.41, 5.74) is 1.74. The van der Waals surface area contributed by atoms with Gasteiger partial charge in [-0.25, -0.2) is 4.39 Å². The summed E-state index contributed by atoms with van der Waals surface area (Å²) >= 11 is 0.